The molecule has 3 heteroatoms. The van der Waals surface area contributed by atoms with Crippen LogP contribution < -0.4 is 0 Å². The molecule has 1 aliphatic heterocycles. The monoisotopic (exact) mass is 89.0 g/mol. The van der Waals surface area contributed by atoms with Crippen molar-refractivity contribution in [1.82, 2.24) is 0 Å². The van der Waals surface area contributed by atoms with Gasteiger partial charge in [-0.2, -0.15) is 4.67 Å². The average molecular weight is 89.0 g/mol. The van der Waals surface area contributed by atoms with Crippen molar-refractivity contribution < 1.29 is 9.56 Å². The Bertz CT molecular complexity index is 45.6. The fourth-order valence-corrected chi connectivity index (χ4v) is 0.361. The highest BCUT2D eigenvalue weighted by Gasteiger charge is 1.86. The molecule has 0 spiro atoms. The van der Waals surface area contributed by atoms with Gasteiger partial charge >= 0.3 is 0 Å². The van der Waals surface area contributed by atoms with E-state index in [2.05, 4.69) is 15.4 Å². The first kappa shape index (κ1) is 3.13. The van der Waals surface area contributed by atoms with Crippen molar-refractivity contribution in [3.05, 3.63) is 12.1 Å². The Labute approximate surface area is 31.6 Å². The van der Waals surface area contributed by atoms with Gasteiger partial charge in [0.15, 0.2) is 0 Å². The number of hydrogen-bond donors (Lipinski definition) is 0. The minimum atomic E-state index is 0.281. The van der Waals surface area contributed by atoms with Gasteiger partial charge in [-0.05, 0) is 0 Å². The van der Waals surface area contributed by atoms with Gasteiger partial charge in [0.25, 0.3) is 0 Å². The highest BCUT2D eigenvalue weighted by molar-refractivity contribution is 7.34. The van der Waals surface area contributed by atoms with Crippen molar-refractivity contribution in [2.24, 2.45) is 0 Å². The van der Waals surface area contributed by atoms with Crippen LogP contribution in [0.4, 0.5) is 0 Å². The standard InChI is InChI=1S/C2H2O2P/c1-2-5-4-3-1/h1,5H. The summed E-state index contributed by atoms with van der Waals surface area (Å²) in [5.41, 5.74) is 0. The van der Waals surface area contributed by atoms with E-state index >= 15 is 0 Å². The Morgan fingerprint density at radius 1 is 1.80 bits per heavy atom. The molecule has 0 bridgehead atoms. The molecule has 0 aromatic rings. The van der Waals surface area contributed by atoms with E-state index in [0.717, 1.165) is 0 Å². The van der Waals surface area contributed by atoms with Crippen LogP contribution in [0, 0.1) is 5.82 Å². The first-order chi connectivity index (χ1) is 2.50. The van der Waals surface area contributed by atoms with E-state index < -0.39 is 0 Å². The minimum absolute atomic E-state index is 0.281. The topological polar surface area (TPSA) is 18.5 Å². The van der Waals surface area contributed by atoms with Gasteiger partial charge in [0.2, 0.25) is 0 Å². The normalized spacial score (nSPS) is 24.0. The Morgan fingerprint density at radius 2 is 2.80 bits per heavy atom. The molecule has 1 unspecified atom stereocenters. The van der Waals surface area contributed by atoms with E-state index in [4.69, 9.17) is 0 Å². The zero-order valence-corrected chi connectivity index (χ0v) is 3.39. The zero-order valence-electron chi connectivity index (χ0n) is 2.39. The van der Waals surface area contributed by atoms with Crippen LogP contribution in [0.5, 0.6) is 0 Å². The van der Waals surface area contributed by atoms with E-state index in [-0.39, 0.29) is 8.81 Å². The summed E-state index contributed by atoms with van der Waals surface area (Å²) < 4.78 is 4.31. The molecule has 1 aliphatic rings. The van der Waals surface area contributed by atoms with Crippen LogP contribution in [0.15, 0.2) is 6.26 Å². The van der Waals surface area contributed by atoms with Crippen LogP contribution >= 0.6 is 8.81 Å². The fourth-order valence-electron chi connectivity index (χ4n) is 0.120. The van der Waals surface area contributed by atoms with E-state index in [9.17, 15) is 0 Å². The van der Waals surface area contributed by atoms with Crippen molar-refractivity contribution in [2.45, 2.75) is 0 Å². The second kappa shape index (κ2) is 1.39. The highest BCUT2D eigenvalue weighted by Crippen LogP contribution is 2.18. The molecule has 0 aromatic carbocycles. The summed E-state index contributed by atoms with van der Waals surface area (Å²) in [4.78, 5) is 4.22. The van der Waals surface area contributed by atoms with Gasteiger partial charge in [0, 0.05) is 0 Å². The predicted molar refractivity (Wildman–Crippen MR) is 18.3 cm³/mol. The average Bonchev–Trinajstić information content (AvgIpc) is 1.76. The number of rotatable bonds is 0. The summed E-state index contributed by atoms with van der Waals surface area (Å²) in [6.07, 6.45) is 1.40. The van der Waals surface area contributed by atoms with Gasteiger partial charge in [-0.1, -0.05) is 0 Å². The van der Waals surface area contributed by atoms with Crippen molar-refractivity contribution in [3.8, 4) is 0 Å². The molecule has 1 atom stereocenters. The fraction of sp³-hybridized carbons (Fsp3) is 0. The quantitative estimate of drug-likeness (QED) is 0.323. The zero-order chi connectivity index (χ0) is 3.54. The SMILES string of the molecule is [C]1=COOP1. The molecule has 0 aliphatic carbocycles. The largest absolute Gasteiger partial charge is 0.341 e. The summed E-state index contributed by atoms with van der Waals surface area (Å²) in [5, 5.41) is 0. The minimum Gasteiger partial charge on any atom is -0.341 e. The summed E-state index contributed by atoms with van der Waals surface area (Å²) in [5.74, 6) is 2.68. The summed E-state index contributed by atoms with van der Waals surface area (Å²) >= 11 is 0. The molecule has 0 N–H and O–H groups in total. The van der Waals surface area contributed by atoms with Gasteiger partial charge in [-0.25, -0.2) is 0 Å². The molecule has 0 amide bonds. The third-order valence-corrected chi connectivity index (χ3v) is 0.671. The van der Waals surface area contributed by atoms with Gasteiger partial charge in [-0.3, -0.25) is 0 Å². The van der Waals surface area contributed by atoms with E-state index in [0.29, 0.717) is 0 Å². The molecular weight excluding hydrogens is 87.0 g/mol. The van der Waals surface area contributed by atoms with Crippen molar-refractivity contribution in [2.75, 3.05) is 0 Å². The smallest absolute Gasteiger partial charge is 0.140 e. The number of hydrogen-bond acceptors (Lipinski definition) is 2. The molecule has 1 heterocycles. The van der Waals surface area contributed by atoms with Gasteiger partial charge in [-0.15, -0.1) is 0 Å². The molecule has 0 saturated heterocycles. The summed E-state index contributed by atoms with van der Waals surface area (Å²) in [6, 6.07) is 0. The lowest BCUT2D eigenvalue weighted by atomic mass is 11.2. The lowest BCUT2D eigenvalue weighted by Crippen LogP contribution is -1.57. The second-order valence-electron chi connectivity index (χ2n) is 0.544. The lowest BCUT2D eigenvalue weighted by Gasteiger charge is -1.79. The van der Waals surface area contributed by atoms with E-state index in [1.54, 1.807) is 0 Å². The van der Waals surface area contributed by atoms with Crippen molar-refractivity contribution in [1.29, 1.82) is 0 Å². The third-order valence-electron chi connectivity index (χ3n) is 0.256. The van der Waals surface area contributed by atoms with Gasteiger partial charge in [0.05, 0.1) is 5.82 Å². The maximum atomic E-state index is 4.31. The molecule has 0 fully saturated rings. The summed E-state index contributed by atoms with van der Waals surface area (Å²) in [7, 11) is 0.281. The molecule has 27 valence electrons. The van der Waals surface area contributed by atoms with Crippen LogP contribution in [0.3, 0.4) is 0 Å². The lowest BCUT2D eigenvalue weighted by molar-refractivity contribution is -0.126. The highest BCUT2D eigenvalue weighted by atomic mass is 31.1. The maximum Gasteiger partial charge on any atom is 0.140 e. The third kappa shape index (κ3) is 0.602. The van der Waals surface area contributed by atoms with E-state index in [1.165, 1.54) is 6.26 Å². The predicted octanol–water partition coefficient (Wildman–Crippen LogP) is 0.816. The molecule has 1 rings (SSSR count). The van der Waals surface area contributed by atoms with Crippen LogP contribution in [0.2, 0.25) is 0 Å². The molecule has 0 saturated carbocycles. The van der Waals surface area contributed by atoms with Crippen molar-refractivity contribution in [3.63, 3.8) is 0 Å². The molecule has 0 aromatic heterocycles. The Kier molecular flexibility index (Phi) is 0.870. The maximum absolute atomic E-state index is 4.31. The molecule has 5 heavy (non-hydrogen) atoms. The van der Waals surface area contributed by atoms with Gasteiger partial charge < -0.3 is 4.89 Å². The van der Waals surface area contributed by atoms with Crippen LogP contribution in [0.1, 0.15) is 0 Å². The Morgan fingerprint density at radius 3 is 3.00 bits per heavy atom. The Balaban J connectivity index is 2.32. The second-order valence-corrected chi connectivity index (χ2v) is 1.20. The molecule has 1 radical (unpaired) electrons. The van der Waals surface area contributed by atoms with Crippen molar-refractivity contribution >= 4 is 8.81 Å². The summed E-state index contributed by atoms with van der Waals surface area (Å²) in [6.45, 7) is 0. The Hall–Kier alpha value is -0.0700. The first-order valence-electron chi connectivity index (χ1n) is 1.15. The molecular formula is C2H2O2P. The first-order valence-corrected chi connectivity index (χ1v) is 2.05. The van der Waals surface area contributed by atoms with E-state index in [1.807, 2.05) is 0 Å². The van der Waals surface area contributed by atoms with Crippen LogP contribution in [0.25, 0.3) is 0 Å². The van der Waals surface area contributed by atoms with Gasteiger partial charge in [0.1, 0.15) is 15.1 Å². The van der Waals surface area contributed by atoms with Crippen LogP contribution in [-0.4, -0.2) is 0 Å². The van der Waals surface area contributed by atoms with Crippen LogP contribution in [-0.2, 0) is 9.56 Å². The molecule has 2 nitrogen and oxygen atoms in total.